The topological polar surface area (TPSA) is 40.6 Å². The van der Waals surface area contributed by atoms with Gasteiger partial charge in [0, 0.05) is 38.0 Å². The molecule has 0 unspecified atom stereocenters. The summed E-state index contributed by atoms with van der Waals surface area (Å²) in [4.78, 5) is 27.9. The molecule has 0 aliphatic carbocycles. The SMILES string of the molecule is CC(C)CC(=O)N(C[C@H]1CC[C@@H](C)N1C)CC(C)(C)CC=O. The molecule has 1 aliphatic heterocycles. The number of aldehydes is 1. The normalized spacial score (nSPS) is 23.0. The molecule has 0 spiro atoms. The summed E-state index contributed by atoms with van der Waals surface area (Å²) in [5.74, 6) is 0.589. The molecule has 128 valence electrons. The number of rotatable bonds is 8. The predicted molar refractivity (Wildman–Crippen MR) is 90.7 cm³/mol. The van der Waals surface area contributed by atoms with E-state index in [-0.39, 0.29) is 11.3 Å². The maximum atomic E-state index is 12.6. The van der Waals surface area contributed by atoms with Crippen molar-refractivity contribution in [2.75, 3.05) is 20.1 Å². The first-order chi connectivity index (χ1) is 10.2. The van der Waals surface area contributed by atoms with Gasteiger partial charge in [0.05, 0.1) is 0 Å². The van der Waals surface area contributed by atoms with Gasteiger partial charge in [0.15, 0.2) is 0 Å². The minimum atomic E-state index is -0.156. The van der Waals surface area contributed by atoms with Crippen LogP contribution in [-0.4, -0.2) is 54.2 Å². The minimum absolute atomic E-state index is 0.156. The second kappa shape index (κ2) is 8.09. The Balaban J connectivity index is 2.77. The molecule has 0 N–H and O–H groups in total. The Labute approximate surface area is 136 Å². The van der Waals surface area contributed by atoms with Crippen LogP contribution in [0.15, 0.2) is 0 Å². The van der Waals surface area contributed by atoms with E-state index in [9.17, 15) is 9.59 Å². The molecule has 1 rings (SSSR count). The molecule has 4 heteroatoms. The van der Waals surface area contributed by atoms with E-state index in [0.29, 0.717) is 37.4 Å². The summed E-state index contributed by atoms with van der Waals surface area (Å²) in [6, 6.07) is 1.04. The molecule has 1 aliphatic rings. The van der Waals surface area contributed by atoms with Gasteiger partial charge in [-0.15, -0.1) is 0 Å². The molecule has 0 aromatic rings. The molecule has 1 heterocycles. The summed E-state index contributed by atoms with van der Waals surface area (Å²) < 4.78 is 0. The Hall–Kier alpha value is -0.900. The van der Waals surface area contributed by atoms with E-state index in [1.807, 2.05) is 4.90 Å². The van der Waals surface area contributed by atoms with Crippen molar-refractivity contribution in [1.29, 1.82) is 0 Å². The first-order valence-electron chi connectivity index (χ1n) is 8.59. The van der Waals surface area contributed by atoms with Gasteiger partial charge in [-0.25, -0.2) is 0 Å². The van der Waals surface area contributed by atoms with Crippen LogP contribution in [0.25, 0.3) is 0 Å². The highest BCUT2D eigenvalue weighted by molar-refractivity contribution is 5.76. The third-order valence-corrected chi connectivity index (χ3v) is 4.81. The molecule has 1 saturated heterocycles. The van der Waals surface area contributed by atoms with Gasteiger partial charge in [0.25, 0.3) is 0 Å². The summed E-state index contributed by atoms with van der Waals surface area (Å²) in [5.41, 5.74) is -0.156. The van der Waals surface area contributed by atoms with Crippen LogP contribution in [0, 0.1) is 11.3 Å². The lowest BCUT2D eigenvalue weighted by molar-refractivity contribution is -0.134. The van der Waals surface area contributed by atoms with Gasteiger partial charge in [0.1, 0.15) is 6.29 Å². The van der Waals surface area contributed by atoms with Crippen molar-refractivity contribution >= 4 is 12.2 Å². The molecule has 0 saturated carbocycles. The van der Waals surface area contributed by atoms with E-state index < -0.39 is 0 Å². The van der Waals surface area contributed by atoms with Gasteiger partial charge in [0.2, 0.25) is 5.91 Å². The van der Waals surface area contributed by atoms with Gasteiger partial charge in [-0.05, 0) is 38.1 Å². The molecule has 22 heavy (non-hydrogen) atoms. The van der Waals surface area contributed by atoms with Crippen molar-refractivity contribution in [2.45, 2.75) is 72.4 Å². The van der Waals surface area contributed by atoms with Gasteiger partial charge >= 0.3 is 0 Å². The fourth-order valence-electron chi connectivity index (χ4n) is 3.21. The van der Waals surface area contributed by atoms with Crippen LogP contribution >= 0.6 is 0 Å². The highest BCUT2D eigenvalue weighted by atomic mass is 16.2. The lowest BCUT2D eigenvalue weighted by Crippen LogP contribution is -2.46. The molecular weight excluding hydrogens is 276 g/mol. The molecule has 0 bridgehead atoms. The highest BCUT2D eigenvalue weighted by Crippen LogP contribution is 2.26. The summed E-state index contributed by atoms with van der Waals surface area (Å²) >= 11 is 0. The summed E-state index contributed by atoms with van der Waals surface area (Å²) in [6.07, 6.45) is 4.40. The van der Waals surface area contributed by atoms with Crippen LogP contribution in [0.4, 0.5) is 0 Å². The zero-order valence-corrected chi connectivity index (χ0v) is 15.3. The van der Waals surface area contributed by atoms with Crippen LogP contribution < -0.4 is 0 Å². The molecule has 4 nitrogen and oxygen atoms in total. The molecule has 0 aromatic heterocycles. The van der Waals surface area contributed by atoms with Crippen LogP contribution in [0.5, 0.6) is 0 Å². The van der Waals surface area contributed by atoms with Crippen molar-refractivity contribution in [2.24, 2.45) is 11.3 Å². The van der Waals surface area contributed by atoms with Crippen LogP contribution in [0.3, 0.4) is 0 Å². The second-order valence-corrected chi connectivity index (χ2v) is 8.15. The molecule has 2 atom stereocenters. The zero-order chi connectivity index (χ0) is 16.9. The number of amides is 1. The Morgan fingerprint density at radius 2 is 2.00 bits per heavy atom. The Bertz CT molecular complexity index is 379. The monoisotopic (exact) mass is 310 g/mol. The molecule has 0 aromatic carbocycles. The number of hydrogen-bond donors (Lipinski definition) is 0. The van der Waals surface area contributed by atoms with E-state index in [2.05, 4.69) is 46.6 Å². The average Bonchev–Trinajstić information content (AvgIpc) is 2.68. The van der Waals surface area contributed by atoms with Gasteiger partial charge in [-0.3, -0.25) is 9.69 Å². The summed E-state index contributed by atoms with van der Waals surface area (Å²) in [5, 5.41) is 0. The Morgan fingerprint density at radius 3 is 2.45 bits per heavy atom. The van der Waals surface area contributed by atoms with Crippen molar-refractivity contribution in [3.8, 4) is 0 Å². The first kappa shape index (κ1) is 19.1. The molecule has 0 radical (unpaired) electrons. The molecule has 1 amide bonds. The number of carbonyl (C=O) groups is 2. The molecular formula is C18H34N2O2. The standard InChI is InChI=1S/C18H34N2O2/c1-14(2)11-17(22)20(13-18(4,5)9-10-21)12-16-8-7-15(3)19(16)6/h10,14-16H,7-9,11-13H2,1-6H3/t15-,16-/m1/s1. The number of likely N-dealkylation sites (N-methyl/N-ethyl adjacent to an activating group) is 1. The maximum Gasteiger partial charge on any atom is 0.222 e. The zero-order valence-electron chi connectivity index (χ0n) is 15.3. The largest absolute Gasteiger partial charge is 0.341 e. The van der Waals surface area contributed by atoms with E-state index in [1.165, 1.54) is 6.42 Å². The van der Waals surface area contributed by atoms with E-state index in [1.54, 1.807) is 0 Å². The van der Waals surface area contributed by atoms with Crippen molar-refractivity contribution in [3.63, 3.8) is 0 Å². The van der Waals surface area contributed by atoms with E-state index in [0.717, 1.165) is 19.3 Å². The smallest absolute Gasteiger partial charge is 0.222 e. The fraction of sp³-hybridized carbons (Fsp3) is 0.889. The second-order valence-electron chi connectivity index (χ2n) is 8.15. The fourth-order valence-corrected chi connectivity index (χ4v) is 3.21. The summed E-state index contributed by atoms with van der Waals surface area (Å²) in [7, 11) is 2.16. The summed E-state index contributed by atoms with van der Waals surface area (Å²) in [6.45, 7) is 12.0. The van der Waals surface area contributed by atoms with Crippen molar-refractivity contribution in [1.82, 2.24) is 9.80 Å². The lowest BCUT2D eigenvalue weighted by Gasteiger charge is -2.35. The molecule has 1 fully saturated rings. The van der Waals surface area contributed by atoms with E-state index in [4.69, 9.17) is 0 Å². The van der Waals surface area contributed by atoms with Gasteiger partial charge in [-0.1, -0.05) is 27.7 Å². The number of hydrogen-bond acceptors (Lipinski definition) is 3. The number of nitrogens with zero attached hydrogens (tertiary/aromatic N) is 2. The minimum Gasteiger partial charge on any atom is -0.341 e. The first-order valence-corrected chi connectivity index (χ1v) is 8.59. The van der Waals surface area contributed by atoms with E-state index >= 15 is 0 Å². The van der Waals surface area contributed by atoms with Gasteiger partial charge in [-0.2, -0.15) is 0 Å². The van der Waals surface area contributed by atoms with Crippen molar-refractivity contribution in [3.05, 3.63) is 0 Å². The third-order valence-electron chi connectivity index (χ3n) is 4.81. The Morgan fingerprint density at radius 1 is 1.36 bits per heavy atom. The number of likely N-dealkylation sites (tertiary alicyclic amines) is 1. The van der Waals surface area contributed by atoms with Crippen LogP contribution in [0.1, 0.15) is 60.3 Å². The highest BCUT2D eigenvalue weighted by Gasteiger charge is 2.32. The average molecular weight is 310 g/mol. The Kier molecular flexibility index (Phi) is 7.04. The van der Waals surface area contributed by atoms with Crippen molar-refractivity contribution < 1.29 is 9.59 Å². The quantitative estimate of drug-likeness (QED) is 0.647. The number of carbonyl (C=O) groups excluding carboxylic acids is 2. The predicted octanol–water partition coefficient (Wildman–Crippen LogP) is 2.96. The third kappa shape index (κ3) is 5.71. The maximum absolute atomic E-state index is 12.6. The van der Waals surface area contributed by atoms with Crippen LogP contribution in [-0.2, 0) is 9.59 Å². The lowest BCUT2D eigenvalue weighted by atomic mass is 9.89. The van der Waals surface area contributed by atoms with Gasteiger partial charge < -0.3 is 9.69 Å². The van der Waals surface area contributed by atoms with Crippen LogP contribution in [0.2, 0.25) is 0 Å².